The normalized spacial score (nSPS) is 11.4. The molecular weight excluding hydrogens is 236 g/mol. The number of hydrogen-bond donors (Lipinski definition) is 2. The van der Waals surface area contributed by atoms with E-state index in [1.54, 1.807) is 0 Å². The highest BCUT2D eigenvalue weighted by Crippen LogP contribution is 2.20. The highest BCUT2D eigenvalue weighted by molar-refractivity contribution is 5.78. The molecule has 0 heterocycles. The van der Waals surface area contributed by atoms with E-state index in [2.05, 4.69) is 19.2 Å². The Labute approximate surface area is 116 Å². The van der Waals surface area contributed by atoms with Crippen LogP contribution in [0.1, 0.15) is 37.8 Å². The number of rotatable bonds is 7. The van der Waals surface area contributed by atoms with E-state index in [0.29, 0.717) is 19.5 Å². The smallest absolute Gasteiger partial charge is 0.224 e. The van der Waals surface area contributed by atoms with Gasteiger partial charge in [-0.25, -0.2) is 0 Å². The molecule has 0 aliphatic heterocycles. The second-order valence-electron chi connectivity index (χ2n) is 5.94. The Morgan fingerprint density at radius 2 is 2.00 bits per heavy atom. The Bertz CT molecular complexity index is 413. The standard InChI is InChI=1S/C16H26N2O/c1-13-7-4-5-8-14(13)11-15(19)18-12-16(2,3)9-6-10-17/h4-5,7-8H,6,9-12,17H2,1-3H3,(H,18,19). The molecule has 0 unspecified atom stereocenters. The van der Waals surface area contributed by atoms with Crippen LogP contribution in [0.5, 0.6) is 0 Å². The molecule has 1 amide bonds. The third-order valence-corrected chi connectivity index (χ3v) is 3.43. The highest BCUT2D eigenvalue weighted by atomic mass is 16.1. The van der Waals surface area contributed by atoms with Crippen LogP contribution in [0, 0.1) is 12.3 Å². The van der Waals surface area contributed by atoms with Gasteiger partial charge in [0.1, 0.15) is 0 Å². The fourth-order valence-electron chi connectivity index (χ4n) is 2.05. The first-order valence-electron chi connectivity index (χ1n) is 6.96. The van der Waals surface area contributed by atoms with Crippen molar-refractivity contribution in [2.45, 2.75) is 40.0 Å². The molecule has 0 aromatic heterocycles. The fourth-order valence-corrected chi connectivity index (χ4v) is 2.05. The molecule has 3 heteroatoms. The van der Waals surface area contributed by atoms with E-state index in [9.17, 15) is 4.79 Å². The van der Waals surface area contributed by atoms with Gasteiger partial charge in [0, 0.05) is 6.54 Å². The van der Waals surface area contributed by atoms with Gasteiger partial charge in [-0.3, -0.25) is 4.79 Å². The molecule has 0 bridgehead atoms. The molecule has 0 radical (unpaired) electrons. The predicted octanol–water partition coefficient (Wildman–Crippen LogP) is 2.42. The zero-order valence-electron chi connectivity index (χ0n) is 12.3. The quantitative estimate of drug-likeness (QED) is 0.793. The van der Waals surface area contributed by atoms with Crippen molar-refractivity contribution in [1.82, 2.24) is 5.32 Å². The molecule has 3 N–H and O–H groups in total. The monoisotopic (exact) mass is 262 g/mol. The number of aryl methyl sites for hydroxylation is 1. The Kier molecular flexibility index (Phi) is 6.03. The summed E-state index contributed by atoms with van der Waals surface area (Å²) in [7, 11) is 0. The average molecular weight is 262 g/mol. The lowest BCUT2D eigenvalue weighted by atomic mass is 9.87. The van der Waals surface area contributed by atoms with Crippen LogP contribution < -0.4 is 11.1 Å². The second-order valence-corrected chi connectivity index (χ2v) is 5.94. The van der Waals surface area contributed by atoms with Gasteiger partial charge in [0.05, 0.1) is 6.42 Å². The van der Waals surface area contributed by atoms with Crippen molar-refractivity contribution in [1.29, 1.82) is 0 Å². The molecule has 0 fully saturated rings. The molecule has 0 atom stereocenters. The van der Waals surface area contributed by atoms with E-state index in [4.69, 9.17) is 5.73 Å². The van der Waals surface area contributed by atoms with Crippen molar-refractivity contribution in [3.05, 3.63) is 35.4 Å². The highest BCUT2D eigenvalue weighted by Gasteiger charge is 2.18. The van der Waals surface area contributed by atoms with Gasteiger partial charge in [0.25, 0.3) is 0 Å². The molecule has 0 aliphatic carbocycles. The van der Waals surface area contributed by atoms with Crippen molar-refractivity contribution in [2.75, 3.05) is 13.1 Å². The molecule has 1 aromatic carbocycles. The summed E-state index contributed by atoms with van der Waals surface area (Å²) in [6.45, 7) is 7.78. The molecular formula is C16H26N2O. The Morgan fingerprint density at radius 3 is 2.63 bits per heavy atom. The summed E-state index contributed by atoms with van der Waals surface area (Å²) in [6.07, 6.45) is 2.49. The number of carbonyl (C=O) groups excluding carboxylic acids is 1. The summed E-state index contributed by atoms with van der Waals surface area (Å²) in [5.41, 5.74) is 7.90. The van der Waals surface area contributed by atoms with Crippen LogP contribution in [-0.4, -0.2) is 19.0 Å². The van der Waals surface area contributed by atoms with E-state index >= 15 is 0 Å². The first-order valence-corrected chi connectivity index (χ1v) is 6.96. The van der Waals surface area contributed by atoms with Crippen molar-refractivity contribution < 1.29 is 4.79 Å². The van der Waals surface area contributed by atoms with Crippen LogP contribution >= 0.6 is 0 Å². The van der Waals surface area contributed by atoms with Gasteiger partial charge >= 0.3 is 0 Å². The molecule has 3 nitrogen and oxygen atoms in total. The number of amides is 1. The fraction of sp³-hybridized carbons (Fsp3) is 0.562. The van der Waals surface area contributed by atoms with E-state index in [-0.39, 0.29) is 11.3 Å². The van der Waals surface area contributed by atoms with Gasteiger partial charge < -0.3 is 11.1 Å². The van der Waals surface area contributed by atoms with Gasteiger partial charge in [-0.1, -0.05) is 38.1 Å². The van der Waals surface area contributed by atoms with Crippen LogP contribution in [0.25, 0.3) is 0 Å². The molecule has 106 valence electrons. The van der Waals surface area contributed by atoms with E-state index in [1.807, 2.05) is 31.2 Å². The van der Waals surface area contributed by atoms with Crippen molar-refractivity contribution in [3.63, 3.8) is 0 Å². The molecule has 1 aromatic rings. The molecule has 0 spiro atoms. The first kappa shape index (κ1) is 15.7. The van der Waals surface area contributed by atoms with Gasteiger partial charge in [0.15, 0.2) is 0 Å². The predicted molar refractivity (Wildman–Crippen MR) is 80.0 cm³/mol. The average Bonchev–Trinajstić information content (AvgIpc) is 2.37. The third-order valence-electron chi connectivity index (χ3n) is 3.43. The van der Waals surface area contributed by atoms with Crippen molar-refractivity contribution in [3.8, 4) is 0 Å². The Morgan fingerprint density at radius 1 is 1.32 bits per heavy atom. The largest absolute Gasteiger partial charge is 0.355 e. The first-order chi connectivity index (χ1) is 8.94. The van der Waals surface area contributed by atoms with Crippen LogP contribution in [0.15, 0.2) is 24.3 Å². The molecule has 0 saturated heterocycles. The number of carbonyl (C=O) groups is 1. The Hall–Kier alpha value is -1.35. The van der Waals surface area contributed by atoms with Gasteiger partial charge in [-0.05, 0) is 42.9 Å². The summed E-state index contributed by atoms with van der Waals surface area (Å²) < 4.78 is 0. The SMILES string of the molecule is Cc1ccccc1CC(=O)NCC(C)(C)CCCN. The Balaban J connectivity index is 2.42. The van der Waals surface area contributed by atoms with E-state index < -0.39 is 0 Å². The summed E-state index contributed by atoms with van der Waals surface area (Å²) in [5.74, 6) is 0.0927. The maximum Gasteiger partial charge on any atom is 0.224 e. The van der Waals surface area contributed by atoms with Crippen LogP contribution in [-0.2, 0) is 11.2 Å². The van der Waals surface area contributed by atoms with Gasteiger partial charge in [0.2, 0.25) is 5.91 Å². The van der Waals surface area contributed by atoms with E-state index in [0.717, 1.165) is 18.4 Å². The summed E-state index contributed by atoms with van der Waals surface area (Å²) in [6, 6.07) is 8.01. The zero-order valence-corrected chi connectivity index (χ0v) is 12.3. The summed E-state index contributed by atoms with van der Waals surface area (Å²) in [5, 5.41) is 3.03. The molecule has 1 rings (SSSR count). The minimum Gasteiger partial charge on any atom is -0.355 e. The number of benzene rings is 1. The van der Waals surface area contributed by atoms with Crippen LogP contribution in [0.2, 0.25) is 0 Å². The lowest BCUT2D eigenvalue weighted by Crippen LogP contribution is -2.35. The molecule has 0 saturated carbocycles. The van der Waals surface area contributed by atoms with Crippen molar-refractivity contribution in [2.24, 2.45) is 11.1 Å². The lowest BCUT2D eigenvalue weighted by molar-refractivity contribution is -0.120. The minimum atomic E-state index is 0.0927. The van der Waals surface area contributed by atoms with Gasteiger partial charge in [-0.15, -0.1) is 0 Å². The van der Waals surface area contributed by atoms with Crippen molar-refractivity contribution >= 4 is 5.91 Å². The minimum absolute atomic E-state index is 0.0927. The number of nitrogens with one attached hydrogen (secondary N) is 1. The van der Waals surface area contributed by atoms with Crippen LogP contribution in [0.3, 0.4) is 0 Å². The lowest BCUT2D eigenvalue weighted by Gasteiger charge is -2.24. The third kappa shape index (κ3) is 5.88. The number of nitrogens with two attached hydrogens (primary N) is 1. The number of hydrogen-bond acceptors (Lipinski definition) is 2. The van der Waals surface area contributed by atoms with Crippen LogP contribution in [0.4, 0.5) is 0 Å². The maximum absolute atomic E-state index is 11.9. The zero-order chi connectivity index (χ0) is 14.3. The van der Waals surface area contributed by atoms with E-state index in [1.165, 1.54) is 5.56 Å². The molecule has 19 heavy (non-hydrogen) atoms. The molecule has 0 aliphatic rings. The topological polar surface area (TPSA) is 55.1 Å². The second kappa shape index (κ2) is 7.29. The summed E-state index contributed by atoms with van der Waals surface area (Å²) in [4.78, 5) is 11.9. The van der Waals surface area contributed by atoms with Gasteiger partial charge in [-0.2, -0.15) is 0 Å². The maximum atomic E-state index is 11.9. The summed E-state index contributed by atoms with van der Waals surface area (Å²) >= 11 is 0.